The van der Waals surface area contributed by atoms with E-state index in [9.17, 15) is 4.79 Å². The molecule has 1 amide bonds. The number of pyridine rings is 1. The summed E-state index contributed by atoms with van der Waals surface area (Å²) in [5.41, 5.74) is 2.35. The zero-order valence-corrected chi connectivity index (χ0v) is 14.6. The number of nitrogens with zero attached hydrogens (tertiary/aromatic N) is 2. The number of hydrogen-bond acceptors (Lipinski definition) is 3. The summed E-state index contributed by atoms with van der Waals surface area (Å²) < 4.78 is 1.01. The van der Waals surface area contributed by atoms with E-state index >= 15 is 0 Å². The first kappa shape index (κ1) is 16.0. The van der Waals surface area contributed by atoms with Crippen LogP contribution in [-0.2, 0) is 0 Å². The predicted molar refractivity (Wildman–Crippen MR) is 96.0 cm³/mol. The SMILES string of the molecule is O=C(c1cc(Nc2cccc(Br)c2)ccn1)N1CCCCCC1. The number of nitrogens with one attached hydrogen (secondary N) is 1. The minimum atomic E-state index is 0.0322. The predicted octanol–water partition coefficient (Wildman–Crippen LogP) is 4.60. The van der Waals surface area contributed by atoms with Crippen LogP contribution in [0.1, 0.15) is 36.2 Å². The standard InChI is InChI=1S/C18H20BrN3O/c19-14-6-5-7-15(12-14)21-16-8-9-20-17(13-16)18(23)22-10-3-1-2-4-11-22/h5-9,12-13H,1-4,10-11H2,(H,20,21). The number of anilines is 2. The van der Waals surface area contributed by atoms with Crippen molar-refractivity contribution in [3.63, 3.8) is 0 Å². The van der Waals surface area contributed by atoms with Crippen molar-refractivity contribution in [2.75, 3.05) is 18.4 Å². The first-order valence-corrected chi connectivity index (χ1v) is 8.79. The Balaban J connectivity index is 1.75. The minimum Gasteiger partial charge on any atom is -0.355 e. The van der Waals surface area contributed by atoms with E-state index in [0.29, 0.717) is 5.69 Å². The second-order valence-corrected chi connectivity index (χ2v) is 6.69. The highest BCUT2D eigenvalue weighted by molar-refractivity contribution is 9.10. The van der Waals surface area contributed by atoms with Crippen LogP contribution in [0.15, 0.2) is 47.1 Å². The van der Waals surface area contributed by atoms with E-state index in [1.54, 1.807) is 6.20 Å². The van der Waals surface area contributed by atoms with E-state index in [2.05, 4.69) is 26.2 Å². The van der Waals surface area contributed by atoms with Crippen molar-refractivity contribution < 1.29 is 4.79 Å². The van der Waals surface area contributed by atoms with Crippen LogP contribution >= 0.6 is 15.9 Å². The number of aromatic nitrogens is 1. The number of carbonyl (C=O) groups is 1. The molecule has 2 heterocycles. The van der Waals surface area contributed by atoms with Crippen LogP contribution in [0.25, 0.3) is 0 Å². The Hall–Kier alpha value is -1.88. The number of rotatable bonds is 3. The normalized spacial score (nSPS) is 15.1. The maximum atomic E-state index is 12.6. The number of carbonyl (C=O) groups excluding carboxylic acids is 1. The quantitative estimate of drug-likeness (QED) is 0.854. The molecule has 2 aromatic rings. The van der Waals surface area contributed by atoms with Crippen LogP contribution < -0.4 is 5.32 Å². The van der Waals surface area contributed by atoms with Crippen molar-refractivity contribution in [3.8, 4) is 0 Å². The summed E-state index contributed by atoms with van der Waals surface area (Å²) >= 11 is 3.46. The maximum absolute atomic E-state index is 12.6. The summed E-state index contributed by atoms with van der Waals surface area (Å²) in [6, 6.07) is 11.6. The number of hydrogen-bond donors (Lipinski definition) is 1. The summed E-state index contributed by atoms with van der Waals surface area (Å²) in [5.74, 6) is 0.0322. The molecule has 1 N–H and O–H groups in total. The molecule has 0 atom stereocenters. The number of benzene rings is 1. The smallest absolute Gasteiger partial charge is 0.272 e. The fraction of sp³-hybridized carbons (Fsp3) is 0.333. The Morgan fingerprint density at radius 2 is 1.78 bits per heavy atom. The Morgan fingerprint density at radius 3 is 2.52 bits per heavy atom. The topological polar surface area (TPSA) is 45.2 Å². The molecule has 1 aromatic carbocycles. The van der Waals surface area contributed by atoms with Gasteiger partial charge in [-0.15, -0.1) is 0 Å². The number of halogens is 1. The lowest BCUT2D eigenvalue weighted by atomic mass is 10.2. The van der Waals surface area contributed by atoms with Crippen molar-refractivity contribution in [1.82, 2.24) is 9.88 Å². The Labute approximate surface area is 145 Å². The molecule has 0 spiro atoms. The molecule has 0 unspecified atom stereocenters. The zero-order chi connectivity index (χ0) is 16.1. The van der Waals surface area contributed by atoms with Crippen LogP contribution in [-0.4, -0.2) is 28.9 Å². The van der Waals surface area contributed by atoms with Gasteiger partial charge in [0, 0.05) is 35.1 Å². The molecule has 0 bridgehead atoms. The Kier molecular flexibility index (Phi) is 5.28. The Bertz CT molecular complexity index is 681. The largest absolute Gasteiger partial charge is 0.355 e. The molecule has 23 heavy (non-hydrogen) atoms. The average Bonchev–Trinajstić information content (AvgIpc) is 2.84. The third kappa shape index (κ3) is 4.32. The van der Waals surface area contributed by atoms with E-state index in [-0.39, 0.29) is 5.91 Å². The summed E-state index contributed by atoms with van der Waals surface area (Å²) in [5, 5.41) is 3.31. The van der Waals surface area contributed by atoms with Crippen molar-refractivity contribution in [2.24, 2.45) is 0 Å². The van der Waals surface area contributed by atoms with Crippen LogP contribution in [0.3, 0.4) is 0 Å². The molecule has 3 rings (SSSR count). The van der Waals surface area contributed by atoms with Crippen molar-refractivity contribution in [3.05, 3.63) is 52.8 Å². The molecule has 1 saturated heterocycles. The monoisotopic (exact) mass is 373 g/mol. The molecule has 0 saturated carbocycles. The average molecular weight is 374 g/mol. The van der Waals surface area contributed by atoms with Gasteiger partial charge in [0.25, 0.3) is 5.91 Å². The summed E-state index contributed by atoms with van der Waals surface area (Å²) in [6.07, 6.45) is 6.28. The lowest BCUT2D eigenvalue weighted by Gasteiger charge is -2.20. The van der Waals surface area contributed by atoms with E-state index in [1.165, 1.54) is 12.8 Å². The van der Waals surface area contributed by atoms with Crippen molar-refractivity contribution in [1.29, 1.82) is 0 Å². The fourth-order valence-electron chi connectivity index (χ4n) is 2.79. The van der Waals surface area contributed by atoms with Crippen LogP contribution in [0, 0.1) is 0 Å². The zero-order valence-electron chi connectivity index (χ0n) is 13.0. The van der Waals surface area contributed by atoms with Crippen molar-refractivity contribution >= 4 is 33.2 Å². The minimum absolute atomic E-state index is 0.0322. The Morgan fingerprint density at radius 1 is 1.04 bits per heavy atom. The molecule has 1 aliphatic rings. The lowest BCUT2D eigenvalue weighted by molar-refractivity contribution is 0.0756. The van der Waals surface area contributed by atoms with Gasteiger partial charge in [0.1, 0.15) is 5.69 Å². The van der Waals surface area contributed by atoms with E-state index in [0.717, 1.165) is 41.8 Å². The molecule has 5 heteroatoms. The van der Waals surface area contributed by atoms with Crippen LogP contribution in [0.5, 0.6) is 0 Å². The molecular formula is C18H20BrN3O. The van der Waals surface area contributed by atoms with Gasteiger partial charge in [-0.2, -0.15) is 0 Å². The molecule has 1 aromatic heterocycles. The van der Waals surface area contributed by atoms with Gasteiger partial charge in [-0.05, 0) is 43.2 Å². The summed E-state index contributed by atoms with van der Waals surface area (Å²) in [7, 11) is 0. The van der Waals surface area contributed by atoms with Gasteiger partial charge in [-0.25, -0.2) is 0 Å². The molecule has 1 fully saturated rings. The van der Waals surface area contributed by atoms with Crippen LogP contribution in [0.4, 0.5) is 11.4 Å². The highest BCUT2D eigenvalue weighted by atomic mass is 79.9. The first-order valence-electron chi connectivity index (χ1n) is 8.00. The summed E-state index contributed by atoms with van der Waals surface area (Å²) in [6.45, 7) is 1.67. The van der Waals surface area contributed by atoms with Crippen LogP contribution in [0.2, 0.25) is 0 Å². The van der Waals surface area contributed by atoms with Gasteiger partial charge in [0.2, 0.25) is 0 Å². The summed E-state index contributed by atoms with van der Waals surface area (Å²) in [4.78, 5) is 18.8. The number of amides is 1. The maximum Gasteiger partial charge on any atom is 0.272 e. The van der Waals surface area contributed by atoms with Gasteiger partial charge in [0.15, 0.2) is 0 Å². The first-order chi connectivity index (χ1) is 11.2. The highest BCUT2D eigenvalue weighted by Gasteiger charge is 2.18. The van der Waals surface area contributed by atoms with Gasteiger partial charge in [0.05, 0.1) is 0 Å². The molecule has 0 aliphatic carbocycles. The highest BCUT2D eigenvalue weighted by Crippen LogP contribution is 2.21. The molecule has 0 radical (unpaired) electrons. The lowest BCUT2D eigenvalue weighted by Crippen LogP contribution is -2.32. The molecule has 4 nitrogen and oxygen atoms in total. The van der Waals surface area contributed by atoms with Gasteiger partial charge in [-0.3, -0.25) is 9.78 Å². The third-order valence-electron chi connectivity index (χ3n) is 3.99. The third-order valence-corrected chi connectivity index (χ3v) is 4.48. The second kappa shape index (κ2) is 7.59. The van der Waals surface area contributed by atoms with Gasteiger partial charge < -0.3 is 10.2 Å². The van der Waals surface area contributed by atoms with Crippen molar-refractivity contribution in [2.45, 2.75) is 25.7 Å². The van der Waals surface area contributed by atoms with Gasteiger partial charge in [-0.1, -0.05) is 34.8 Å². The fourth-order valence-corrected chi connectivity index (χ4v) is 3.19. The second-order valence-electron chi connectivity index (χ2n) is 5.77. The molecule has 1 aliphatic heterocycles. The number of likely N-dealkylation sites (tertiary alicyclic amines) is 1. The van der Waals surface area contributed by atoms with E-state index in [4.69, 9.17) is 0 Å². The molecular weight excluding hydrogens is 354 g/mol. The van der Waals surface area contributed by atoms with E-state index < -0.39 is 0 Å². The van der Waals surface area contributed by atoms with Gasteiger partial charge >= 0.3 is 0 Å². The van der Waals surface area contributed by atoms with E-state index in [1.807, 2.05) is 41.3 Å². The molecule has 120 valence electrons.